The van der Waals surface area contributed by atoms with Crippen molar-refractivity contribution in [1.82, 2.24) is 0 Å². The molecule has 0 spiro atoms. The van der Waals surface area contributed by atoms with Gasteiger partial charge in [0.1, 0.15) is 5.75 Å². The van der Waals surface area contributed by atoms with Gasteiger partial charge in [0, 0.05) is 17.1 Å². The Morgan fingerprint density at radius 1 is 1.42 bits per heavy atom. The van der Waals surface area contributed by atoms with E-state index in [1.165, 1.54) is 18.2 Å². The van der Waals surface area contributed by atoms with Crippen molar-refractivity contribution in [1.29, 1.82) is 5.41 Å². The molecule has 0 radical (unpaired) electrons. The molecule has 3 nitrogen and oxygen atoms in total. The monoisotopic (exact) mass is 292 g/mol. The van der Waals surface area contributed by atoms with Gasteiger partial charge >= 0.3 is 6.36 Å². The third kappa shape index (κ3) is 5.87. The van der Waals surface area contributed by atoms with Crippen molar-refractivity contribution in [3.63, 3.8) is 0 Å². The lowest BCUT2D eigenvalue weighted by Crippen LogP contribution is -2.17. The second-order valence-electron chi connectivity index (χ2n) is 3.79. The number of anilines is 1. The number of hydrogen-bond acceptors (Lipinski definition) is 4. The maximum absolute atomic E-state index is 12.2. The van der Waals surface area contributed by atoms with Crippen molar-refractivity contribution in [3.05, 3.63) is 18.2 Å². The van der Waals surface area contributed by atoms with Crippen LogP contribution < -0.4 is 10.1 Å². The molecular weight excluding hydrogens is 277 g/mol. The van der Waals surface area contributed by atoms with Gasteiger partial charge in [-0.15, -0.1) is 13.2 Å². The van der Waals surface area contributed by atoms with Gasteiger partial charge in [-0.1, -0.05) is 18.7 Å². The van der Waals surface area contributed by atoms with E-state index in [2.05, 4.69) is 10.1 Å². The highest BCUT2D eigenvalue weighted by molar-refractivity contribution is 8.13. The average molecular weight is 292 g/mol. The molecule has 0 fully saturated rings. The number of thioether (sulfide) groups is 1. The van der Waals surface area contributed by atoms with Gasteiger partial charge in [0.15, 0.2) is 0 Å². The molecule has 7 heteroatoms. The zero-order valence-electron chi connectivity index (χ0n) is 10.6. The minimum absolute atomic E-state index is 0.279. The van der Waals surface area contributed by atoms with E-state index in [1.54, 1.807) is 6.92 Å². The third-order valence-corrected chi connectivity index (χ3v) is 2.88. The van der Waals surface area contributed by atoms with Crippen LogP contribution in [0.2, 0.25) is 0 Å². The second-order valence-corrected chi connectivity index (χ2v) is 5.05. The Morgan fingerprint density at radius 3 is 2.63 bits per heavy atom. The van der Waals surface area contributed by atoms with Gasteiger partial charge < -0.3 is 10.1 Å². The van der Waals surface area contributed by atoms with Gasteiger partial charge in [-0.2, -0.15) is 0 Å². The summed E-state index contributed by atoms with van der Waals surface area (Å²) in [5, 5.41) is 10.8. The number of ether oxygens (including phenoxy) is 1. The van der Waals surface area contributed by atoms with Crippen LogP contribution in [0.4, 0.5) is 18.9 Å². The summed E-state index contributed by atoms with van der Waals surface area (Å²) in [6, 6.07) is 4.07. The molecule has 106 valence electrons. The van der Waals surface area contributed by atoms with E-state index >= 15 is 0 Å². The molecule has 0 atom stereocenters. The summed E-state index contributed by atoms with van der Waals surface area (Å²) in [6.45, 7) is 4.28. The maximum Gasteiger partial charge on any atom is 0.573 e. The minimum Gasteiger partial charge on any atom is -0.406 e. The summed E-state index contributed by atoms with van der Waals surface area (Å²) < 4.78 is 40.3. The Kier molecular flexibility index (Phi) is 5.53. The second kappa shape index (κ2) is 6.70. The first-order valence-corrected chi connectivity index (χ1v) is 6.50. The molecule has 0 aliphatic heterocycles. The smallest absolute Gasteiger partial charge is 0.406 e. The average Bonchev–Trinajstić information content (AvgIpc) is 2.25. The van der Waals surface area contributed by atoms with Crippen LogP contribution in [-0.2, 0) is 0 Å². The normalized spacial score (nSPS) is 11.2. The molecule has 0 unspecified atom stereocenters. The highest BCUT2D eigenvalue weighted by atomic mass is 32.2. The van der Waals surface area contributed by atoms with Crippen LogP contribution in [0.1, 0.15) is 20.3 Å². The van der Waals surface area contributed by atoms with E-state index in [-0.39, 0.29) is 5.75 Å². The minimum atomic E-state index is -4.71. The number of benzene rings is 1. The van der Waals surface area contributed by atoms with Crippen molar-refractivity contribution < 1.29 is 17.9 Å². The highest BCUT2D eigenvalue weighted by Gasteiger charge is 2.31. The quantitative estimate of drug-likeness (QED) is 0.477. The summed E-state index contributed by atoms with van der Waals surface area (Å²) in [4.78, 5) is 0.544. The lowest BCUT2D eigenvalue weighted by molar-refractivity contribution is -0.274. The number of hydrogen-bond donors (Lipinski definition) is 2. The van der Waals surface area contributed by atoms with Crippen LogP contribution in [0.5, 0.6) is 5.75 Å². The van der Waals surface area contributed by atoms with Crippen molar-refractivity contribution in [3.8, 4) is 5.75 Å². The molecule has 0 aromatic heterocycles. The zero-order chi connectivity index (χ0) is 14.5. The van der Waals surface area contributed by atoms with E-state index < -0.39 is 6.36 Å². The van der Waals surface area contributed by atoms with Crippen molar-refractivity contribution in [2.75, 3.05) is 11.9 Å². The largest absolute Gasteiger partial charge is 0.573 e. The van der Waals surface area contributed by atoms with E-state index in [4.69, 9.17) is 5.41 Å². The fourth-order valence-electron chi connectivity index (χ4n) is 1.35. The Hall–Kier alpha value is -1.37. The first-order chi connectivity index (χ1) is 8.81. The topological polar surface area (TPSA) is 45.1 Å². The number of alkyl halides is 3. The number of rotatable bonds is 5. The fourth-order valence-corrected chi connectivity index (χ4v) is 2.11. The molecule has 0 saturated carbocycles. The summed E-state index contributed by atoms with van der Waals surface area (Å²) in [7, 11) is 0. The predicted octanol–water partition coefficient (Wildman–Crippen LogP) is 4.50. The molecule has 0 amide bonds. The Balaban J connectivity index is 2.97. The standard InChI is InChI=1S/C12H15F3N2OS/c1-3-6-17-10-5-4-9(18-12(13,14)15)7-11(10)19-8(2)16/h4-5,7,16-17H,3,6H2,1-2H3. The molecule has 1 aromatic rings. The van der Waals surface area contributed by atoms with E-state index in [9.17, 15) is 13.2 Å². The lowest BCUT2D eigenvalue weighted by Gasteiger charge is -2.14. The van der Waals surface area contributed by atoms with Gasteiger partial charge in [0.2, 0.25) is 0 Å². The Bertz CT molecular complexity index is 449. The van der Waals surface area contributed by atoms with E-state index in [0.717, 1.165) is 18.2 Å². The molecule has 0 aliphatic rings. The van der Waals surface area contributed by atoms with Gasteiger partial charge in [-0.25, -0.2) is 0 Å². The van der Waals surface area contributed by atoms with Crippen molar-refractivity contribution in [2.24, 2.45) is 0 Å². The maximum atomic E-state index is 12.2. The number of nitrogens with one attached hydrogen (secondary N) is 2. The summed E-state index contributed by atoms with van der Waals surface area (Å²) in [6.07, 6.45) is -3.81. The van der Waals surface area contributed by atoms with Crippen LogP contribution in [0, 0.1) is 5.41 Å². The highest BCUT2D eigenvalue weighted by Crippen LogP contribution is 2.33. The molecule has 1 aromatic carbocycles. The molecule has 1 rings (SSSR count). The van der Waals surface area contributed by atoms with Gasteiger partial charge in [0.05, 0.1) is 5.04 Å². The van der Waals surface area contributed by atoms with Crippen LogP contribution >= 0.6 is 11.8 Å². The molecule has 0 saturated heterocycles. The molecular formula is C12H15F3N2OS. The molecule has 19 heavy (non-hydrogen) atoms. The first-order valence-electron chi connectivity index (χ1n) is 5.68. The van der Waals surface area contributed by atoms with Crippen LogP contribution in [0.15, 0.2) is 23.1 Å². The molecule has 0 aliphatic carbocycles. The van der Waals surface area contributed by atoms with Gasteiger partial charge in [-0.3, -0.25) is 5.41 Å². The van der Waals surface area contributed by atoms with E-state index in [0.29, 0.717) is 22.2 Å². The van der Waals surface area contributed by atoms with Crippen molar-refractivity contribution in [2.45, 2.75) is 31.5 Å². The molecule has 0 bridgehead atoms. The first kappa shape index (κ1) is 15.7. The van der Waals surface area contributed by atoms with Crippen LogP contribution in [0.3, 0.4) is 0 Å². The Labute approximate surface area is 114 Å². The zero-order valence-corrected chi connectivity index (χ0v) is 11.4. The van der Waals surface area contributed by atoms with Gasteiger partial charge in [0.25, 0.3) is 0 Å². The van der Waals surface area contributed by atoms with Gasteiger partial charge in [-0.05, 0) is 31.5 Å². The lowest BCUT2D eigenvalue weighted by atomic mass is 10.3. The number of halogens is 3. The Morgan fingerprint density at radius 2 is 2.11 bits per heavy atom. The molecule has 0 heterocycles. The van der Waals surface area contributed by atoms with E-state index in [1.807, 2.05) is 6.92 Å². The summed E-state index contributed by atoms with van der Waals surface area (Å²) in [5.41, 5.74) is 0.702. The predicted molar refractivity (Wildman–Crippen MR) is 71.2 cm³/mol. The van der Waals surface area contributed by atoms with Crippen molar-refractivity contribution >= 4 is 22.5 Å². The third-order valence-electron chi connectivity index (χ3n) is 2.02. The summed E-state index contributed by atoms with van der Waals surface area (Å²) >= 11 is 1.09. The van der Waals surface area contributed by atoms with Crippen LogP contribution in [-0.4, -0.2) is 18.0 Å². The van der Waals surface area contributed by atoms with Crippen LogP contribution in [0.25, 0.3) is 0 Å². The SMILES string of the molecule is CCCNc1ccc(OC(F)(F)F)cc1SC(C)=N. The fraction of sp³-hybridized carbons (Fsp3) is 0.417. The summed E-state index contributed by atoms with van der Waals surface area (Å²) in [5.74, 6) is -0.279. The molecule has 2 N–H and O–H groups in total.